The lowest BCUT2D eigenvalue weighted by atomic mass is 10.2. The first-order chi connectivity index (χ1) is 11.0. The Kier molecular flexibility index (Phi) is 5.40. The van der Waals surface area contributed by atoms with Gasteiger partial charge in [0.1, 0.15) is 6.04 Å². The number of carbonyl (C=O) groups excluding carboxylic acids is 3. The zero-order valence-corrected chi connectivity index (χ0v) is 12.9. The smallest absolute Gasteiger partial charge is 0.338 e. The zero-order chi connectivity index (χ0) is 16.8. The monoisotopic (exact) mass is 320 g/mol. The molecular formula is C15H20N4O4. The first-order valence-electron chi connectivity index (χ1n) is 7.42. The van der Waals surface area contributed by atoms with Gasteiger partial charge in [0.15, 0.2) is 0 Å². The first-order valence-corrected chi connectivity index (χ1v) is 7.42. The Morgan fingerprint density at radius 3 is 2.61 bits per heavy atom. The minimum atomic E-state index is -0.596. The Morgan fingerprint density at radius 2 is 2.00 bits per heavy atom. The number of ether oxygens (including phenoxy) is 1. The molecule has 1 atom stereocenters. The second-order valence-electron chi connectivity index (χ2n) is 5.10. The lowest BCUT2D eigenvalue weighted by molar-refractivity contribution is -0.124. The number of amides is 3. The Bertz CT molecular complexity index is 588. The summed E-state index contributed by atoms with van der Waals surface area (Å²) in [6, 6.07) is 5.33. The van der Waals surface area contributed by atoms with E-state index >= 15 is 0 Å². The number of benzene rings is 1. The maximum Gasteiger partial charge on any atom is 0.338 e. The van der Waals surface area contributed by atoms with Gasteiger partial charge >= 0.3 is 12.0 Å². The minimum Gasteiger partial charge on any atom is -0.462 e. The Hall–Kier alpha value is -2.77. The van der Waals surface area contributed by atoms with Crippen LogP contribution in [0.1, 0.15) is 30.1 Å². The predicted octanol–water partition coefficient (Wildman–Crippen LogP) is 0.849. The van der Waals surface area contributed by atoms with E-state index in [-0.39, 0.29) is 5.91 Å². The van der Waals surface area contributed by atoms with Crippen LogP contribution in [0.15, 0.2) is 24.3 Å². The van der Waals surface area contributed by atoms with Gasteiger partial charge in [-0.15, -0.1) is 0 Å². The maximum atomic E-state index is 12.1. The second kappa shape index (κ2) is 7.48. The van der Waals surface area contributed by atoms with Crippen LogP contribution in [0.3, 0.4) is 0 Å². The zero-order valence-electron chi connectivity index (χ0n) is 12.9. The van der Waals surface area contributed by atoms with E-state index < -0.39 is 18.0 Å². The van der Waals surface area contributed by atoms with Crippen LogP contribution < -0.4 is 16.6 Å². The number of likely N-dealkylation sites (tertiary alicyclic amines) is 1. The van der Waals surface area contributed by atoms with Crippen molar-refractivity contribution in [2.45, 2.75) is 25.8 Å². The van der Waals surface area contributed by atoms with Crippen LogP contribution in [0.2, 0.25) is 0 Å². The van der Waals surface area contributed by atoms with Crippen molar-refractivity contribution in [3.63, 3.8) is 0 Å². The molecule has 2 rings (SSSR count). The van der Waals surface area contributed by atoms with E-state index in [1.807, 2.05) is 0 Å². The normalized spacial score (nSPS) is 16.7. The fraction of sp³-hybridized carbons (Fsp3) is 0.400. The van der Waals surface area contributed by atoms with Crippen LogP contribution in [0.4, 0.5) is 10.5 Å². The molecule has 8 nitrogen and oxygen atoms in total. The Labute approximate surface area is 133 Å². The summed E-state index contributed by atoms with van der Waals surface area (Å²) >= 11 is 0. The molecule has 8 heteroatoms. The van der Waals surface area contributed by atoms with Crippen LogP contribution >= 0.6 is 0 Å². The number of esters is 1. The number of nitrogens with zero attached hydrogens (tertiary/aromatic N) is 1. The summed E-state index contributed by atoms with van der Waals surface area (Å²) in [6.07, 6.45) is 1.33. The minimum absolute atomic E-state index is 0.312. The number of primary amides is 1. The van der Waals surface area contributed by atoms with Crippen molar-refractivity contribution in [2.75, 3.05) is 18.6 Å². The highest BCUT2D eigenvalue weighted by atomic mass is 16.5. The fourth-order valence-corrected chi connectivity index (χ4v) is 2.42. The van der Waals surface area contributed by atoms with E-state index in [4.69, 9.17) is 10.5 Å². The van der Waals surface area contributed by atoms with Gasteiger partial charge in [-0.1, -0.05) is 0 Å². The molecule has 1 heterocycles. The topological polar surface area (TPSA) is 114 Å². The summed E-state index contributed by atoms with van der Waals surface area (Å²) in [5.41, 5.74) is 11.6. The first kappa shape index (κ1) is 16.6. The van der Waals surface area contributed by atoms with Gasteiger partial charge in [0, 0.05) is 6.54 Å². The molecule has 0 unspecified atom stereocenters. The number of rotatable bonds is 5. The highest BCUT2D eigenvalue weighted by molar-refractivity contribution is 5.90. The number of nitrogens with one attached hydrogen (secondary N) is 2. The summed E-state index contributed by atoms with van der Waals surface area (Å²) in [5, 5.41) is 0. The highest BCUT2D eigenvalue weighted by Gasteiger charge is 2.32. The average molecular weight is 320 g/mol. The van der Waals surface area contributed by atoms with Crippen LogP contribution in [0.5, 0.6) is 0 Å². The van der Waals surface area contributed by atoms with Gasteiger partial charge < -0.3 is 15.4 Å². The molecule has 1 aromatic rings. The number of hydrogen-bond donors (Lipinski definition) is 3. The van der Waals surface area contributed by atoms with E-state index in [0.29, 0.717) is 30.8 Å². The van der Waals surface area contributed by atoms with Crippen molar-refractivity contribution < 1.29 is 19.1 Å². The van der Waals surface area contributed by atoms with Crippen molar-refractivity contribution in [3.05, 3.63) is 29.8 Å². The summed E-state index contributed by atoms with van der Waals surface area (Å²) in [5.74, 6) is -0.720. The van der Waals surface area contributed by atoms with E-state index in [1.165, 1.54) is 4.90 Å². The van der Waals surface area contributed by atoms with E-state index in [0.717, 1.165) is 6.42 Å². The Morgan fingerprint density at radius 1 is 1.30 bits per heavy atom. The molecule has 0 radical (unpaired) electrons. The molecule has 1 fully saturated rings. The van der Waals surface area contributed by atoms with Crippen LogP contribution in [-0.2, 0) is 9.53 Å². The van der Waals surface area contributed by atoms with Crippen LogP contribution in [0, 0.1) is 0 Å². The number of anilines is 1. The molecule has 0 aromatic heterocycles. The summed E-state index contributed by atoms with van der Waals surface area (Å²) < 4.78 is 4.89. The van der Waals surface area contributed by atoms with Crippen molar-refractivity contribution in [3.8, 4) is 0 Å². The van der Waals surface area contributed by atoms with Gasteiger partial charge in [-0.3, -0.25) is 15.6 Å². The lowest BCUT2D eigenvalue weighted by Crippen LogP contribution is -2.49. The van der Waals surface area contributed by atoms with Gasteiger partial charge in [0.25, 0.3) is 5.91 Å². The SMILES string of the molecule is CCOC(=O)c1ccc(NNC(=O)[C@@H]2CCCN2C(N)=O)cc1. The quantitative estimate of drug-likeness (QED) is 0.550. The molecule has 0 bridgehead atoms. The van der Waals surface area contributed by atoms with E-state index in [2.05, 4.69) is 10.9 Å². The lowest BCUT2D eigenvalue weighted by Gasteiger charge is -2.22. The molecule has 0 saturated carbocycles. The molecular weight excluding hydrogens is 300 g/mol. The Balaban J connectivity index is 1.89. The maximum absolute atomic E-state index is 12.1. The number of carbonyl (C=O) groups is 3. The van der Waals surface area contributed by atoms with Gasteiger partial charge in [-0.25, -0.2) is 9.59 Å². The average Bonchev–Trinajstić information content (AvgIpc) is 3.03. The summed E-state index contributed by atoms with van der Waals surface area (Å²) in [6.45, 7) is 2.54. The largest absolute Gasteiger partial charge is 0.462 e. The number of urea groups is 1. The number of hydrogen-bond acceptors (Lipinski definition) is 5. The molecule has 1 aliphatic heterocycles. The summed E-state index contributed by atoms with van der Waals surface area (Å²) in [7, 11) is 0. The van der Waals surface area contributed by atoms with E-state index in [9.17, 15) is 14.4 Å². The van der Waals surface area contributed by atoms with Gasteiger partial charge in [0.05, 0.1) is 17.9 Å². The molecule has 1 saturated heterocycles. The standard InChI is InChI=1S/C15H20N4O4/c1-2-23-14(21)10-5-7-11(8-6-10)17-18-13(20)12-4-3-9-19(12)15(16)22/h5-8,12,17H,2-4,9H2,1H3,(H2,16,22)(H,18,20)/t12-/m0/s1. The van der Waals surface area contributed by atoms with Gasteiger partial charge in [0.2, 0.25) is 0 Å². The molecule has 3 amide bonds. The molecule has 1 aromatic carbocycles. The number of hydrazine groups is 1. The van der Waals surface area contributed by atoms with Crippen molar-refractivity contribution in [1.29, 1.82) is 0 Å². The van der Waals surface area contributed by atoms with E-state index in [1.54, 1.807) is 31.2 Å². The molecule has 0 aliphatic carbocycles. The van der Waals surface area contributed by atoms with Crippen LogP contribution in [0.25, 0.3) is 0 Å². The molecule has 124 valence electrons. The predicted molar refractivity (Wildman–Crippen MR) is 83.5 cm³/mol. The second-order valence-corrected chi connectivity index (χ2v) is 5.10. The summed E-state index contributed by atoms with van der Waals surface area (Å²) in [4.78, 5) is 36.2. The van der Waals surface area contributed by atoms with Crippen molar-refractivity contribution >= 4 is 23.6 Å². The molecule has 1 aliphatic rings. The van der Waals surface area contributed by atoms with Crippen LogP contribution in [-0.4, -0.2) is 42.0 Å². The molecule has 4 N–H and O–H groups in total. The van der Waals surface area contributed by atoms with Crippen molar-refractivity contribution in [1.82, 2.24) is 10.3 Å². The molecule has 0 spiro atoms. The number of nitrogens with two attached hydrogens (primary N) is 1. The third-order valence-electron chi connectivity index (χ3n) is 3.56. The van der Waals surface area contributed by atoms with Gasteiger partial charge in [-0.2, -0.15) is 0 Å². The third kappa shape index (κ3) is 4.12. The van der Waals surface area contributed by atoms with Gasteiger partial charge in [-0.05, 0) is 44.0 Å². The third-order valence-corrected chi connectivity index (χ3v) is 3.56. The molecule has 23 heavy (non-hydrogen) atoms. The van der Waals surface area contributed by atoms with Crippen molar-refractivity contribution in [2.24, 2.45) is 5.73 Å². The fourth-order valence-electron chi connectivity index (χ4n) is 2.42. The highest BCUT2D eigenvalue weighted by Crippen LogP contribution is 2.17.